The topological polar surface area (TPSA) is 110 Å². The van der Waals surface area contributed by atoms with Crippen molar-refractivity contribution < 1.29 is 24.2 Å². The summed E-state index contributed by atoms with van der Waals surface area (Å²) in [5.41, 5.74) is 0.396. The number of pyridine rings is 1. The van der Waals surface area contributed by atoms with Crippen LogP contribution in [0.2, 0.25) is 0 Å². The van der Waals surface area contributed by atoms with E-state index in [1.165, 1.54) is 4.40 Å². The molecule has 0 aromatic carbocycles. The maximum Gasteiger partial charge on any atom is 0.360 e. The second-order valence-corrected chi connectivity index (χ2v) is 4.12. The van der Waals surface area contributed by atoms with E-state index in [4.69, 9.17) is 9.84 Å². The van der Waals surface area contributed by atoms with Crippen molar-refractivity contribution in [2.75, 3.05) is 11.9 Å². The van der Waals surface area contributed by atoms with Gasteiger partial charge in [-0.1, -0.05) is 6.07 Å². The van der Waals surface area contributed by atoms with Crippen LogP contribution in [0.25, 0.3) is 5.65 Å². The van der Waals surface area contributed by atoms with Crippen molar-refractivity contribution in [2.24, 2.45) is 0 Å². The summed E-state index contributed by atoms with van der Waals surface area (Å²) < 4.78 is 6.40. The molecule has 0 aliphatic rings. The number of nitrogens with zero attached hydrogens (tertiary/aromatic N) is 2. The summed E-state index contributed by atoms with van der Waals surface area (Å²) in [6.45, 7) is 1.82. The van der Waals surface area contributed by atoms with Gasteiger partial charge in [0.25, 0.3) is 0 Å². The van der Waals surface area contributed by atoms with Crippen LogP contribution in [0.5, 0.6) is 0 Å². The Morgan fingerprint density at radius 1 is 1.36 bits per heavy atom. The molecule has 2 N–H and O–H groups in total. The number of hydrogen-bond acceptors (Lipinski definition) is 5. The van der Waals surface area contributed by atoms with Crippen molar-refractivity contribution in [3.63, 3.8) is 0 Å². The van der Waals surface area contributed by atoms with Crippen LogP contribution in [0.15, 0.2) is 36.5 Å². The molecule has 0 bridgehead atoms. The number of amides is 1. The van der Waals surface area contributed by atoms with Crippen LogP contribution < -0.4 is 5.32 Å². The van der Waals surface area contributed by atoms with Crippen LogP contribution in [0.1, 0.15) is 17.4 Å². The Balaban J connectivity index is 2.41. The predicted molar refractivity (Wildman–Crippen MR) is 76.6 cm³/mol. The second-order valence-electron chi connectivity index (χ2n) is 4.12. The van der Waals surface area contributed by atoms with Gasteiger partial charge in [-0.3, -0.25) is 9.20 Å². The largest absolute Gasteiger partial charge is 0.478 e. The van der Waals surface area contributed by atoms with Crippen LogP contribution >= 0.6 is 0 Å². The lowest BCUT2D eigenvalue weighted by atomic mass is 10.4. The first kappa shape index (κ1) is 15.2. The molecule has 1 amide bonds. The summed E-state index contributed by atoms with van der Waals surface area (Å²) in [6.07, 6.45) is 3.16. The van der Waals surface area contributed by atoms with Gasteiger partial charge < -0.3 is 15.2 Å². The third-order valence-corrected chi connectivity index (χ3v) is 2.62. The molecule has 2 aromatic rings. The highest BCUT2D eigenvalue weighted by atomic mass is 16.5. The molecule has 0 unspecified atom stereocenters. The zero-order chi connectivity index (χ0) is 16.1. The van der Waals surface area contributed by atoms with Crippen molar-refractivity contribution in [1.29, 1.82) is 0 Å². The number of hydrogen-bond donors (Lipinski definition) is 2. The zero-order valence-corrected chi connectivity index (χ0v) is 11.6. The highest BCUT2D eigenvalue weighted by Gasteiger charge is 2.21. The van der Waals surface area contributed by atoms with E-state index in [9.17, 15) is 14.4 Å². The molecule has 0 spiro atoms. The maximum atomic E-state index is 11.9. The number of aromatic nitrogens is 2. The molecule has 2 rings (SSSR count). The average molecular weight is 303 g/mol. The van der Waals surface area contributed by atoms with Crippen LogP contribution in [-0.2, 0) is 14.3 Å². The number of nitrogens with one attached hydrogen (secondary N) is 1. The van der Waals surface area contributed by atoms with Gasteiger partial charge in [-0.15, -0.1) is 0 Å². The Bertz CT molecular complexity index is 763. The minimum Gasteiger partial charge on any atom is -0.478 e. The van der Waals surface area contributed by atoms with Gasteiger partial charge in [0.2, 0.25) is 5.91 Å². The lowest BCUT2D eigenvalue weighted by Gasteiger charge is -2.05. The summed E-state index contributed by atoms with van der Waals surface area (Å²) in [6, 6.07) is 5.09. The van der Waals surface area contributed by atoms with Crippen molar-refractivity contribution in [3.05, 3.63) is 42.2 Å². The van der Waals surface area contributed by atoms with E-state index in [2.05, 4.69) is 10.3 Å². The normalized spacial score (nSPS) is 10.8. The van der Waals surface area contributed by atoms with Crippen LogP contribution in [0, 0.1) is 0 Å². The summed E-state index contributed by atoms with van der Waals surface area (Å²) in [5.74, 6) is -2.50. The number of carboxylic acid groups (broad SMARTS) is 1. The van der Waals surface area contributed by atoms with Crippen molar-refractivity contribution in [1.82, 2.24) is 9.38 Å². The number of carboxylic acids is 1. The third-order valence-electron chi connectivity index (χ3n) is 2.62. The van der Waals surface area contributed by atoms with Gasteiger partial charge in [0.1, 0.15) is 5.65 Å². The molecule has 114 valence electrons. The summed E-state index contributed by atoms with van der Waals surface area (Å²) in [4.78, 5) is 38.2. The average Bonchev–Trinajstić information content (AvgIpc) is 2.84. The lowest BCUT2D eigenvalue weighted by Crippen LogP contribution is -2.15. The zero-order valence-electron chi connectivity index (χ0n) is 11.6. The van der Waals surface area contributed by atoms with E-state index in [0.717, 1.165) is 6.08 Å². The second kappa shape index (κ2) is 6.53. The summed E-state index contributed by atoms with van der Waals surface area (Å²) in [7, 11) is 0. The first-order valence-electron chi connectivity index (χ1n) is 6.39. The van der Waals surface area contributed by atoms with Gasteiger partial charge in [-0.25, -0.2) is 14.6 Å². The van der Waals surface area contributed by atoms with E-state index in [0.29, 0.717) is 11.7 Å². The highest BCUT2D eigenvalue weighted by molar-refractivity contribution is 6.05. The Labute approximate surface area is 125 Å². The fourth-order valence-electron chi connectivity index (χ4n) is 1.76. The number of anilines is 1. The van der Waals surface area contributed by atoms with Gasteiger partial charge >= 0.3 is 11.9 Å². The summed E-state index contributed by atoms with van der Waals surface area (Å²) >= 11 is 0. The highest BCUT2D eigenvalue weighted by Crippen LogP contribution is 2.19. The molecule has 22 heavy (non-hydrogen) atoms. The number of rotatable bonds is 5. The summed E-state index contributed by atoms with van der Waals surface area (Å²) in [5, 5.41) is 11.0. The number of ether oxygens (including phenoxy) is 1. The fourth-order valence-corrected chi connectivity index (χ4v) is 1.76. The standard InChI is InChI=1S/C14H13N3O5/c1-2-22-14(21)12-13(16-10(18)6-7-11(19)20)17-8-4-3-5-9(17)15-12/h3-8H,2H2,1H3,(H,16,18)(H,19,20)/b7-6+. The number of aliphatic carboxylic acids is 1. The van der Waals surface area contributed by atoms with E-state index in [1.54, 1.807) is 31.3 Å². The molecule has 0 fully saturated rings. The first-order chi connectivity index (χ1) is 10.5. The number of esters is 1. The predicted octanol–water partition coefficient (Wildman–Crippen LogP) is 1.09. The molecule has 2 aromatic heterocycles. The van der Waals surface area contributed by atoms with Gasteiger partial charge in [0, 0.05) is 18.3 Å². The number of carbonyl (C=O) groups excluding carboxylic acids is 2. The minimum absolute atomic E-state index is 0.0508. The molecule has 0 radical (unpaired) electrons. The van der Waals surface area contributed by atoms with Crippen molar-refractivity contribution in [3.8, 4) is 0 Å². The molecule has 0 aliphatic carbocycles. The quantitative estimate of drug-likeness (QED) is 0.632. The molecule has 0 aliphatic heterocycles. The minimum atomic E-state index is -1.25. The fraction of sp³-hybridized carbons (Fsp3) is 0.143. The monoisotopic (exact) mass is 303 g/mol. The van der Waals surface area contributed by atoms with E-state index >= 15 is 0 Å². The van der Waals surface area contributed by atoms with E-state index in [1.807, 2.05) is 0 Å². The van der Waals surface area contributed by atoms with Crippen molar-refractivity contribution >= 4 is 29.3 Å². The molecule has 8 nitrogen and oxygen atoms in total. The van der Waals surface area contributed by atoms with E-state index in [-0.39, 0.29) is 18.1 Å². The molecule has 2 heterocycles. The molecule has 0 saturated heterocycles. The number of carbonyl (C=O) groups is 3. The molecule has 0 atom stereocenters. The van der Waals surface area contributed by atoms with Crippen LogP contribution in [0.3, 0.4) is 0 Å². The molecular formula is C14H13N3O5. The van der Waals surface area contributed by atoms with Gasteiger partial charge in [-0.05, 0) is 19.1 Å². The van der Waals surface area contributed by atoms with Gasteiger partial charge in [0.15, 0.2) is 11.5 Å². The number of imidazole rings is 1. The lowest BCUT2D eigenvalue weighted by molar-refractivity contribution is -0.131. The third kappa shape index (κ3) is 3.29. The van der Waals surface area contributed by atoms with Crippen LogP contribution in [-0.4, -0.2) is 38.9 Å². The Kier molecular flexibility index (Phi) is 4.52. The maximum absolute atomic E-state index is 11.9. The van der Waals surface area contributed by atoms with Gasteiger partial charge in [0.05, 0.1) is 6.61 Å². The van der Waals surface area contributed by atoms with E-state index < -0.39 is 17.8 Å². The molecular weight excluding hydrogens is 290 g/mol. The van der Waals surface area contributed by atoms with Gasteiger partial charge in [-0.2, -0.15) is 0 Å². The number of fused-ring (bicyclic) bond motifs is 1. The SMILES string of the molecule is CCOC(=O)c1nc2ccccn2c1NC(=O)/C=C/C(=O)O. The Hall–Kier alpha value is -3.16. The Morgan fingerprint density at radius 2 is 2.14 bits per heavy atom. The first-order valence-corrected chi connectivity index (χ1v) is 6.39. The smallest absolute Gasteiger partial charge is 0.360 e. The van der Waals surface area contributed by atoms with Crippen molar-refractivity contribution in [2.45, 2.75) is 6.92 Å². The van der Waals surface area contributed by atoms with Crippen LogP contribution in [0.4, 0.5) is 5.82 Å². The molecule has 0 saturated carbocycles. The Morgan fingerprint density at radius 3 is 2.82 bits per heavy atom. The molecule has 8 heteroatoms.